The maximum absolute atomic E-state index is 12.5. The molecule has 0 saturated carbocycles. The highest BCUT2D eigenvalue weighted by molar-refractivity contribution is 7.94. The lowest BCUT2D eigenvalue weighted by Crippen LogP contribution is -2.49. The summed E-state index contributed by atoms with van der Waals surface area (Å²) in [6.07, 6.45) is -3.18. The molecule has 0 saturated heterocycles. The molecular weight excluding hydrogens is 254 g/mol. The molecule has 1 amide bonds. The molecule has 0 aromatic heterocycles. The van der Waals surface area contributed by atoms with Gasteiger partial charge in [-0.2, -0.15) is 8.78 Å². The Morgan fingerprint density at radius 1 is 1.44 bits per heavy atom. The SMILES string of the molecule is O=C(NC1C=CS(=O)(=O)C1)C(F)(F)C(F)F. The summed E-state index contributed by atoms with van der Waals surface area (Å²) < 4.78 is 70.0. The van der Waals surface area contributed by atoms with Crippen molar-refractivity contribution in [3.8, 4) is 0 Å². The van der Waals surface area contributed by atoms with Crippen molar-refractivity contribution < 1.29 is 30.8 Å². The summed E-state index contributed by atoms with van der Waals surface area (Å²) in [7, 11) is -3.53. The second-order valence-corrected chi connectivity index (χ2v) is 5.09. The second kappa shape index (κ2) is 4.04. The molecular formula is C7H7F4NO3S. The van der Waals surface area contributed by atoms with Crippen molar-refractivity contribution in [2.75, 3.05) is 5.75 Å². The summed E-state index contributed by atoms with van der Waals surface area (Å²) in [4.78, 5) is 10.7. The van der Waals surface area contributed by atoms with Gasteiger partial charge in [0.2, 0.25) is 0 Å². The van der Waals surface area contributed by atoms with Crippen molar-refractivity contribution in [3.63, 3.8) is 0 Å². The molecule has 0 fully saturated rings. The van der Waals surface area contributed by atoms with Crippen LogP contribution in [0.4, 0.5) is 17.6 Å². The standard InChI is InChI=1S/C7H7F4NO3S/c8-5(9)7(10,11)6(13)12-4-1-2-16(14,15)3-4/h1-2,4-5H,3H2,(H,12,13). The van der Waals surface area contributed by atoms with Crippen LogP contribution in [0.3, 0.4) is 0 Å². The summed E-state index contributed by atoms with van der Waals surface area (Å²) in [6.45, 7) is 0. The average Bonchev–Trinajstić information content (AvgIpc) is 2.45. The summed E-state index contributed by atoms with van der Waals surface area (Å²) in [6, 6.07) is -1.19. The van der Waals surface area contributed by atoms with Crippen LogP contribution in [0.1, 0.15) is 0 Å². The molecule has 0 spiro atoms. The summed E-state index contributed by atoms with van der Waals surface area (Å²) in [5.74, 6) is -7.60. The minimum Gasteiger partial charge on any atom is -0.343 e. The highest BCUT2D eigenvalue weighted by Crippen LogP contribution is 2.23. The Labute approximate surface area is 88.2 Å². The molecule has 0 bridgehead atoms. The number of carbonyl (C=O) groups is 1. The topological polar surface area (TPSA) is 63.2 Å². The fraction of sp³-hybridized carbons (Fsp3) is 0.571. The van der Waals surface area contributed by atoms with Crippen molar-refractivity contribution in [2.24, 2.45) is 0 Å². The van der Waals surface area contributed by atoms with Gasteiger partial charge in [-0.25, -0.2) is 17.2 Å². The molecule has 1 N–H and O–H groups in total. The number of hydrogen-bond donors (Lipinski definition) is 1. The van der Waals surface area contributed by atoms with Gasteiger partial charge in [-0.05, 0) is 6.08 Å². The molecule has 92 valence electrons. The van der Waals surface area contributed by atoms with E-state index in [1.54, 1.807) is 0 Å². The highest BCUT2D eigenvalue weighted by atomic mass is 32.2. The Kier molecular flexibility index (Phi) is 3.27. The lowest BCUT2D eigenvalue weighted by Gasteiger charge is -2.17. The van der Waals surface area contributed by atoms with Crippen molar-refractivity contribution in [1.29, 1.82) is 0 Å². The fourth-order valence-electron chi connectivity index (χ4n) is 1.03. The van der Waals surface area contributed by atoms with Gasteiger partial charge in [0, 0.05) is 5.41 Å². The molecule has 1 rings (SSSR count). The monoisotopic (exact) mass is 261 g/mol. The van der Waals surface area contributed by atoms with Crippen LogP contribution >= 0.6 is 0 Å². The second-order valence-electron chi connectivity index (χ2n) is 3.16. The molecule has 0 aromatic carbocycles. The van der Waals surface area contributed by atoms with Gasteiger partial charge in [0.15, 0.2) is 9.84 Å². The lowest BCUT2D eigenvalue weighted by atomic mass is 10.2. The van der Waals surface area contributed by atoms with E-state index in [1.165, 1.54) is 5.32 Å². The Balaban J connectivity index is 2.65. The number of alkyl halides is 4. The van der Waals surface area contributed by atoms with E-state index in [4.69, 9.17) is 0 Å². The van der Waals surface area contributed by atoms with Crippen LogP contribution in [0.5, 0.6) is 0 Å². The number of sulfone groups is 1. The van der Waals surface area contributed by atoms with Crippen LogP contribution in [0.25, 0.3) is 0 Å². The van der Waals surface area contributed by atoms with Crippen LogP contribution in [0.15, 0.2) is 11.5 Å². The zero-order chi connectivity index (χ0) is 12.6. The van der Waals surface area contributed by atoms with E-state index in [-0.39, 0.29) is 0 Å². The van der Waals surface area contributed by atoms with Gasteiger partial charge in [0.05, 0.1) is 11.8 Å². The van der Waals surface area contributed by atoms with Gasteiger partial charge in [0.1, 0.15) is 0 Å². The Morgan fingerprint density at radius 3 is 2.38 bits per heavy atom. The van der Waals surface area contributed by atoms with Crippen molar-refractivity contribution in [3.05, 3.63) is 11.5 Å². The molecule has 0 aromatic rings. The van der Waals surface area contributed by atoms with Crippen molar-refractivity contribution in [1.82, 2.24) is 5.32 Å². The number of halogens is 4. The Morgan fingerprint density at radius 2 is 2.00 bits per heavy atom. The van der Waals surface area contributed by atoms with E-state index in [1.807, 2.05) is 0 Å². The molecule has 1 heterocycles. The van der Waals surface area contributed by atoms with Gasteiger partial charge >= 0.3 is 12.3 Å². The zero-order valence-corrected chi connectivity index (χ0v) is 8.48. The van der Waals surface area contributed by atoms with Crippen molar-refractivity contribution in [2.45, 2.75) is 18.4 Å². The van der Waals surface area contributed by atoms with Crippen LogP contribution < -0.4 is 5.32 Å². The first kappa shape index (κ1) is 12.9. The normalized spacial score (nSPS) is 23.7. The predicted molar refractivity (Wildman–Crippen MR) is 45.8 cm³/mol. The third-order valence-corrected chi connectivity index (χ3v) is 3.22. The first-order valence-electron chi connectivity index (χ1n) is 4.03. The van der Waals surface area contributed by atoms with Crippen LogP contribution in [-0.2, 0) is 14.6 Å². The third kappa shape index (κ3) is 2.71. The minimum atomic E-state index is -4.82. The first-order valence-corrected chi connectivity index (χ1v) is 5.74. The molecule has 0 aliphatic carbocycles. The molecule has 1 aliphatic heterocycles. The Bertz CT molecular complexity index is 417. The average molecular weight is 261 g/mol. The molecule has 1 unspecified atom stereocenters. The van der Waals surface area contributed by atoms with E-state index in [2.05, 4.69) is 0 Å². The fourth-order valence-corrected chi connectivity index (χ4v) is 2.26. The maximum atomic E-state index is 12.5. The summed E-state index contributed by atoms with van der Waals surface area (Å²) in [5, 5.41) is 2.26. The molecule has 9 heteroatoms. The highest BCUT2D eigenvalue weighted by Gasteiger charge is 2.49. The van der Waals surface area contributed by atoms with E-state index in [0.717, 1.165) is 11.5 Å². The van der Waals surface area contributed by atoms with E-state index in [9.17, 15) is 30.8 Å². The van der Waals surface area contributed by atoms with Crippen molar-refractivity contribution >= 4 is 15.7 Å². The predicted octanol–water partition coefficient (Wildman–Crippen LogP) is 0.314. The summed E-state index contributed by atoms with van der Waals surface area (Å²) in [5.41, 5.74) is 0. The smallest absolute Gasteiger partial charge is 0.343 e. The quantitative estimate of drug-likeness (QED) is 0.744. The maximum Gasteiger partial charge on any atom is 0.383 e. The first-order chi connectivity index (χ1) is 7.15. The number of carbonyl (C=O) groups excluding carboxylic acids is 1. The molecule has 1 atom stereocenters. The Hall–Kier alpha value is -1.12. The molecule has 4 nitrogen and oxygen atoms in total. The van der Waals surface area contributed by atoms with Gasteiger partial charge < -0.3 is 5.32 Å². The number of amides is 1. The molecule has 0 radical (unpaired) electrons. The number of nitrogens with one attached hydrogen (secondary N) is 1. The van der Waals surface area contributed by atoms with Gasteiger partial charge in [-0.3, -0.25) is 4.79 Å². The summed E-state index contributed by atoms with van der Waals surface area (Å²) >= 11 is 0. The lowest BCUT2D eigenvalue weighted by molar-refractivity contribution is -0.169. The third-order valence-electron chi connectivity index (χ3n) is 1.82. The van der Waals surface area contributed by atoms with E-state index in [0.29, 0.717) is 0 Å². The van der Waals surface area contributed by atoms with E-state index < -0.39 is 39.9 Å². The number of rotatable bonds is 3. The van der Waals surface area contributed by atoms with Gasteiger partial charge in [0.25, 0.3) is 5.91 Å². The molecule has 1 aliphatic rings. The minimum absolute atomic E-state index is 0.599. The van der Waals surface area contributed by atoms with Gasteiger partial charge in [-0.1, -0.05) is 0 Å². The van der Waals surface area contributed by atoms with Crippen LogP contribution in [0, 0.1) is 0 Å². The van der Waals surface area contributed by atoms with Crippen LogP contribution in [0.2, 0.25) is 0 Å². The van der Waals surface area contributed by atoms with Gasteiger partial charge in [-0.15, -0.1) is 0 Å². The van der Waals surface area contributed by atoms with Crippen LogP contribution in [-0.4, -0.2) is 38.5 Å². The molecule has 16 heavy (non-hydrogen) atoms. The van der Waals surface area contributed by atoms with E-state index >= 15 is 0 Å². The largest absolute Gasteiger partial charge is 0.383 e. The number of hydrogen-bond acceptors (Lipinski definition) is 3. The zero-order valence-electron chi connectivity index (χ0n) is 7.66.